The average Bonchev–Trinajstić information content (AvgIpc) is 2.70. The van der Waals surface area contributed by atoms with Crippen LogP contribution >= 0.6 is 0 Å². The molecule has 124 valence electrons. The van der Waals surface area contributed by atoms with Gasteiger partial charge in [-0.15, -0.1) is 0 Å². The highest BCUT2D eigenvalue weighted by Gasteiger charge is 2.31. The Labute approximate surface area is 124 Å². The van der Waals surface area contributed by atoms with Gasteiger partial charge >= 0.3 is 6.09 Å². The molecule has 0 radical (unpaired) electrons. The van der Waals surface area contributed by atoms with Crippen molar-refractivity contribution in [2.24, 2.45) is 0 Å². The molecule has 5 nitrogen and oxygen atoms in total. The number of hydrogen-bond acceptors (Lipinski definition) is 4. The van der Waals surface area contributed by atoms with E-state index in [0.29, 0.717) is 6.54 Å². The summed E-state index contributed by atoms with van der Waals surface area (Å²) in [6.07, 6.45) is 1.20. The molecule has 2 atom stereocenters. The molecule has 1 aliphatic rings. The number of amides is 1. The lowest BCUT2D eigenvalue weighted by molar-refractivity contribution is -0.00805. The molecule has 1 saturated heterocycles. The van der Waals surface area contributed by atoms with Crippen LogP contribution in [0.4, 0.5) is 13.6 Å². The summed E-state index contributed by atoms with van der Waals surface area (Å²) < 4.78 is 37.6. The van der Waals surface area contributed by atoms with Crippen molar-refractivity contribution in [3.05, 3.63) is 0 Å². The van der Waals surface area contributed by atoms with Crippen LogP contribution in [0.15, 0.2) is 0 Å². The van der Waals surface area contributed by atoms with Crippen molar-refractivity contribution in [3.8, 4) is 0 Å². The molecule has 21 heavy (non-hydrogen) atoms. The van der Waals surface area contributed by atoms with Crippen LogP contribution in [-0.2, 0) is 9.47 Å². The zero-order valence-corrected chi connectivity index (χ0v) is 13.2. The fourth-order valence-electron chi connectivity index (χ4n) is 2.03. The second kappa shape index (κ2) is 7.35. The minimum atomic E-state index is -3.03. The van der Waals surface area contributed by atoms with Crippen molar-refractivity contribution < 1.29 is 23.0 Å². The van der Waals surface area contributed by atoms with Gasteiger partial charge < -0.3 is 20.1 Å². The fraction of sp³-hybridized carbons (Fsp3) is 0.929. The summed E-state index contributed by atoms with van der Waals surface area (Å²) in [4.78, 5) is 11.3. The molecule has 0 aromatic rings. The Balaban J connectivity index is 2.19. The fourth-order valence-corrected chi connectivity index (χ4v) is 2.03. The van der Waals surface area contributed by atoms with E-state index in [2.05, 4.69) is 10.6 Å². The monoisotopic (exact) mass is 308 g/mol. The lowest BCUT2D eigenvalue weighted by Crippen LogP contribution is -2.46. The maximum absolute atomic E-state index is 13.6. The molecule has 1 heterocycles. The number of halogens is 2. The van der Waals surface area contributed by atoms with Crippen molar-refractivity contribution in [3.63, 3.8) is 0 Å². The summed E-state index contributed by atoms with van der Waals surface area (Å²) in [5, 5.41) is 4.78. The van der Waals surface area contributed by atoms with Crippen LogP contribution in [0.1, 0.15) is 40.5 Å². The molecule has 0 aromatic carbocycles. The number of carbonyl (C=O) groups is 1. The third-order valence-electron chi connectivity index (χ3n) is 2.97. The van der Waals surface area contributed by atoms with Gasteiger partial charge in [0.15, 0.2) is 0 Å². The predicted molar refractivity (Wildman–Crippen MR) is 75.6 cm³/mol. The molecule has 1 rings (SSSR count). The predicted octanol–water partition coefficient (Wildman–Crippen LogP) is 2.30. The van der Waals surface area contributed by atoms with E-state index in [1.165, 1.54) is 0 Å². The number of nitrogens with one attached hydrogen (secondary N) is 2. The van der Waals surface area contributed by atoms with Gasteiger partial charge in [0.05, 0.1) is 25.3 Å². The molecule has 0 aliphatic carbocycles. The van der Waals surface area contributed by atoms with Crippen LogP contribution in [0, 0.1) is 0 Å². The summed E-state index contributed by atoms with van der Waals surface area (Å²) in [5.74, 6) is -3.03. The number of hydrogen-bond donors (Lipinski definition) is 2. The summed E-state index contributed by atoms with van der Waals surface area (Å²) in [6, 6.07) is 0. The first-order chi connectivity index (χ1) is 9.57. The molecule has 0 aromatic heterocycles. The van der Waals surface area contributed by atoms with Crippen LogP contribution < -0.4 is 10.6 Å². The first kappa shape index (κ1) is 18.1. The zero-order valence-electron chi connectivity index (χ0n) is 13.2. The van der Waals surface area contributed by atoms with Crippen molar-refractivity contribution in [1.82, 2.24) is 10.6 Å². The number of alkyl halides is 2. The molecular formula is C14H26F2N2O3. The largest absolute Gasteiger partial charge is 0.444 e. The number of rotatable bonds is 6. The second-order valence-electron chi connectivity index (χ2n) is 6.49. The van der Waals surface area contributed by atoms with E-state index in [0.717, 1.165) is 12.8 Å². The van der Waals surface area contributed by atoms with Crippen LogP contribution in [-0.4, -0.2) is 49.5 Å². The lowest BCUT2D eigenvalue weighted by Gasteiger charge is -2.22. The van der Waals surface area contributed by atoms with Gasteiger partial charge in [-0.05, 0) is 40.5 Å². The smallest absolute Gasteiger partial charge is 0.407 e. The van der Waals surface area contributed by atoms with Gasteiger partial charge in [0.2, 0.25) is 0 Å². The third kappa shape index (κ3) is 8.16. The topological polar surface area (TPSA) is 59.6 Å². The van der Waals surface area contributed by atoms with Crippen LogP contribution in [0.25, 0.3) is 0 Å². The highest BCUT2D eigenvalue weighted by molar-refractivity contribution is 5.67. The minimum absolute atomic E-state index is 0.00499. The molecule has 2 N–H and O–H groups in total. The quantitative estimate of drug-likeness (QED) is 0.790. The van der Waals surface area contributed by atoms with Gasteiger partial charge in [0.1, 0.15) is 5.60 Å². The van der Waals surface area contributed by atoms with E-state index in [-0.39, 0.29) is 12.2 Å². The maximum atomic E-state index is 13.6. The summed E-state index contributed by atoms with van der Waals surface area (Å²) in [5.41, 5.74) is -0.700. The van der Waals surface area contributed by atoms with Gasteiger partial charge in [0, 0.05) is 6.54 Å². The Kier molecular flexibility index (Phi) is 6.34. The standard InChI is InChI=1S/C14H26F2N2O3/c1-10-5-6-11(20-10)7-17-8-14(15,16)9-18-12(19)21-13(2,3)4/h10-11,17H,5-9H2,1-4H3,(H,18,19). The number of alkyl carbamates (subject to hydrolysis) is 1. The maximum Gasteiger partial charge on any atom is 0.407 e. The first-order valence-corrected chi connectivity index (χ1v) is 7.28. The van der Waals surface area contributed by atoms with E-state index in [9.17, 15) is 13.6 Å². The van der Waals surface area contributed by atoms with E-state index in [1.54, 1.807) is 20.8 Å². The average molecular weight is 308 g/mol. The van der Waals surface area contributed by atoms with Crippen LogP contribution in [0.5, 0.6) is 0 Å². The van der Waals surface area contributed by atoms with E-state index < -0.39 is 30.7 Å². The Bertz CT molecular complexity index is 346. The van der Waals surface area contributed by atoms with Crippen molar-refractivity contribution >= 4 is 6.09 Å². The van der Waals surface area contributed by atoms with Crippen molar-refractivity contribution in [2.75, 3.05) is 19.6 Å². The lowest BCUT2D eigenvalue weighted by atomic mass is 10.2. The van der Waals surface area contributed by atoms with Gasteiger partial charge in [-0.3, -0.25) is 0 Å². The van der Waals surface area contributed by atoms with Gasteiger partial charge in [-0.25, -0.2) is 13.6 Å². The Hall–Kier alpha value is -0.950. The summed E-state index contributed by atoms with van der Waals surface area (Å²) >= 11 is 0. The molecule has 0 spiro atoms. The van der Waals surface area contributed by atoms with Gasteiger partial charge in [0.25, 0.3) is 5.92 Å². The molecule has 1 aliphatic heterocycles. The van der Waals surface area contributed by atoms with Crippen LogP contribution in [0.3, 0.4) is 0 Å². The van der Waals surface area contributed by atoms with Gasteiger partial charge in [-0.2, -0.15) is 0 Å². The second-order valence-corrected chi connectivity index (χ2v) is 6.49. The minimum Gasteiger partial charge on any atom is -0.444 e. The van der Waals surface area contributed by atoms with E-state index in [1.807, 2.05) is 6.92 Å². The molecule has 1 fully saturated rings. The molecule has 0 saturated carbocycles. The molecular weight excluding hydrogens is 282 g/mol. The Morgan fingerprint density at radius 3 is 2.48 bits per heavy atom. The highest BCUT2D eigenvalue weighted by atomic mass is 19.3. The Morgan fingerprint density at radius 2 is 1.95 bits per heavy atom. The van der Waals surface area contributed by atoms with Crippen LogP contribution in [0.2, 0.25) is 0 Å². The SMILES string of the molecule is CC1CCC(CNCC(F)(F)CNC(=O)OC(C)(C)C)O1. The molecule has 0 bridgehead atoms. The number of carbonyl (C=O) groups excluding carboxylic acids is 1. The van der Waals surface area contributed by atoms with Crippen molar-refractivity contribution in [2.45, 2.75) is 64.3 Å². The molecule has 2 unspecified atom stereocenters. The number of ether oxygens (including phenoxy) is 2. The third-order valence-corrected chi connectivity index (χ3v) is 2.97. The zero-order chi connectivity index (χ0) is 16.1. The highest BCUT2D eigenvalue weighted by Crippen LogP contribution is 2.18. The normalized spacial score (nSPS) is 23.1. The van der Waals surface area contributed by atoms with E-state index in [4.69, 9.17) is 9.47 Å². The molecule has 1 amide bonds. The first-order valence-electron chi connectivity index (χ1n) is 7.28. The van der Waals surface area contributed by atoms with Gasteiger partial charge in [-0.1, -0.05) is 0 Å². The summed E-state index contributed by atoms with van der Waals surface area (Å²) in [7, 11) is 0. The van der Waals surface area contributed by atoms with Crippen molar-refractivity contribution in [1.29, 1.82) is 0 Å². The molecule has 7 heteroatoms. The summed E-state index contributed by atoms with van der Waals surface area (Å²) in [6.45, 7) is 6.14. The Morgan fingerprint density at radius 1 is 1.29 bits per heavy atom. The van der Waals surface area contributed by atoms with E-state index >= 15 is 0 Å².